The lowest BCUT2D eigenvalue weighted by molar-refractivity contribution is -0.143. The summed E-state index contributed by atoms with van der Waals surface area (Å²) in [5.74, 6) is -2.21. The summed E-state index contributed by atoms with van der Waals surface area (Å²) in [5.41, 5.74) is 1.47. The van der Waals surface area contributed by atoms with Gasteiger partial charge in [0.15, 0.2) is 6.61 Å². The van der Waals surface area contributed by atoms with Gasteiger partial charge in [-0.1, -0.05) is 27.2 Å². The van der Waals surface area contributed by atoms with Gasteiger partial charge in [-0.05, 0) is 37.0 Å². The molecule has 0 aliphatic carbocycles. The smallest absolute Gasteiger partial charge is 0.336 e. The number of carbonyl (C=O) groups is 3. The fourth-order valence-corrected chi connectivity index (χ4v) is 3.15. The first-order valence-corrected chi connectivity index (χ1v) is 10.1. The van der Waals surface area contributed by atoms with E-state index in [0.29, 0.717) is 16.9 Å². The van der Waals surface area contributed by atoms with E-state index in [4.69, 9.17) is 14.3 Å². The van der Waals surface area contributed by atoms with Crippen LogP contribution < -0.4 is 21.0 Å². The molecule has 0 aliphatic rings. The third kappa shape index (κ3) is 6.31. The highest BCUT2D eigenvalue weighted by Crippen LogP contribution is 2.28. The third-order valence-corrected chi connectivity index (χ3v) is 4.77. The van der Waals surface area contributed by atoms with Gasteiger partial charge >= 0.3 is 11.6 Å². The topological polar surface area (TPSA) is 135 Å². The monoisotopic (exact) mass is 432 g/mol. The maximum absolute atomic E-state index is 12.0. The van der Waals surface area contributed by atoms with Crippen LogP contribution in [0.1, 0.15) is 38.3 Å². The number of fused-ring (bicyclic) bond motifs is 1. The van der Waals surface area contributed by atoms with Crippen molar-refractivity contribution in [3.63, 3.8) is 0 Å². The van der Waals surface area contributed by atoms with Crippen molar-refractivity contribution in [1.82, 2.24) is 10.6 Å². The predicted octanol–water partition coefficient (Wildman–Crippen LogP) is 1.77. The van der Waals surface area contributed by atoms with Crippen LogP contribution in [0.3, 0.4) is 0 Å². The lowest BCUT2D eigenvalue weighted by atomic mass is 10.0. The molecule has 0 unspecified atom stereocenters. The van der Waals surface area contributed by atoms with Crippen LogP contribution >= 0.6 is 0 Å². The Hall–Kier alpha value is -3.36. The summed E-state index contributed by atoms with van der Waals surface area (Å²) in [6, 6.07) is 3.94. The maximum Gasteiger partial charge on any atom is 0.336 e. The fraction of sp³-hybridized carbons (Fsp3) is 0.455. The second-order valence-corrected chi connectivity index (χ2v) is 7.60. The summed E-state index contributed by atoms with van der Waals surface area (Å²) < 4.78 is 10.9. The zero-order valence-electron chi connectivity index (χ0n) is 18.1. The van der Waals surface area contributed by atoms with Crippen LogP contribution in [0.4, 0.5) is 0 Å². The van der Waals surface area contributed by atoms with E-state index in [9.17, 15) is 19.2 Å². The molecule has 0 radical (unpaired) electrons. The lowest BCUT2D eigenvalue weighted by Crippen LogP contribution is -2.48. The number of carboxylic acid groups (broad SMARTS) is 1. The van der Waals surface area contributed by atoms with Crippen LogP contribution in [0.2, 0.25) is 0 Å². The van der Waals surface area contributed by atoms with E-state index in [1.165, 1.54) is 6.07 Å². The van der Waals surface area contributed by atoms with E-state index >= 15 is 0 Å². The first kappa shape index (κ1) is 23.9. The van der Waals surface area contributed by atoms with Gasteiger partial charge in [-0.2, -0.15) is 0 Å². The summed E-state index contributed by atoms with van der Waals surface area (Å²) in [5, 5.41) is 14.7. The van der Waals surface area contributed by atoms with Gasteiger partial charge in [0, 0.05) is 17.0 Å². The number of carbonyl (C=O) groups excluding carboxylic acids is 2. The van der Waals surface area contributed by atoms with E-state index in [1.807, 2.05) is 6.92 Å². The number of carboxylic acids is 1. The van der Waals surface area contributed by atoms with Gasteiger partial charge in [0.25, 0.3) is 5.91 Å². The Morgan fingerprint density at radius 1 is 1.19 bits per heavy atom. The summed E-state index contributed by atoms with van der Waals surface area (Å²) in [6.07, 6.45) is 1.62. The minimum atomic E-state index is -1.14. The Bertz CT molecular complexity index is 1030. The highest BCUT2D eigenvalue weighted by Gasteiger charge is 2.23. The van der Waals surface area contributed by atoms with Crippen molar-refractivity contribution in [2.75, 3.05) is 13.2 Å². The quantitative estimate of drug-likeness (QED) is 0.487. The van der Waals surface area contributed by atoms with Crippen molar-refractivity contribution in [2.45, 2.75) is 46.6 Å². The molecule has 2 rings (SSSR count). The molecule has 1 heterocycles. The number of aryl methyl sites for hydroxylation is 2. The molecule has 1 atom stereocenters. The molecule has 9 nitrogen and oxygen atoms in total. The molecule has 168 valence electrons. The number of hydrogen-bond acceptors (Lipinski definition) is 6. The van der Waals surface area contributed by atoms with Crippen molar-refractivity contribution in [2.24, 2.45) is 5.92 Å². The van der Waals surface area contributed by atoms with Crippen LogP contribution in [0.25, 0.3) is 11.0 Å². The Morgan fingerprint density at radius 2 is 1.90 bits per heavy atom. The minimum Gasteiger partial charge on any atom is -0.483 e. The van der Waals surface area contributed by atoms with Gasteiger partial charge < -0.3 is 24.9 Å². The molecular formula is C22H28N2O7. The predicted molar refractivity (Wildman–Crippen MR) is 114 cm³/mol. The van der Waals surface area contributed by atoms with Gasteiger partial charge in [0.1, 0.15) is 17.4 Å². The van der Waals surface area contributed by atoms with Crippen molar-refractivity contribution in [3.05, 3.63) is 39.7 Å². The standard InChI is InChI=1S/C22H28N2O7/c1-5-6-14-9-19(27)31-21-13(4)16(8-7-15(14)21)30-11-18(26)23-10-17(25)24-20(12(2)3)22(28)29/h7-9,12,20H,5-6,10-11H2,1-4H3,(H,23,26)(H,24,25)(H,28,29)/t20-/m1/s1. The molecule has 3 N–H and O–H groups in total. The highest BCUT2D eigenvalue weighted by atomic mass is 16.5. The average molecular weight is 432 g/mol. The molecule has 0 bridgehead atoms. The Balaban J connectivity index is 1.99. The van der Waals surface area contributed by atoms with Crippen molar-refractivity contribution < 1.29 is 28.6 Å². The number of amides is 2. The molecule has 0 saturated carbocycles. The fourth-order valence-electron chi connectivity index (χ4n) is 3.15. The molecule has 1 aromatic carbocycles. The van der Waals surface area contributed by atoms with Crippen LogP contribution in [0.15, 0.2) is 27.4 Å². The highest BCUT2D eigenvalue weighted by molar-refractivity contribution is 5.88. The molecule has 1 aromatic heterocycles. The Labute approximate surface area is 179 Å². The van der Waals surface area contributed by atoms with E-state index in [-0.39, 0.29) is 19.1 Å². The van der Waals surface area contributed by atoms with Gasteiger partial charge in [-0.25, -0.2) is 9.59 Å². The van der Waals surface area contributed by atoms with Crippen LogP contribution in [-0.4, -0.2) is 42.1 Å². The van der Waals surface area contributed by atoms with Crippen LogP contribution in [0, 0.1) is 12.8 Å². The Morgan fingerprint density at radius 3 is 2.52 bits per heavy atom. The van der Waals surface area contributed by atoms with E-state index < -0.39 is 29.5 Å². The van der Waals surface area contributed by atoms with Crippen LogP contribution in [-0.2, 0) is 20.8 Å². The number of nitrogens with one attached hydrogen (secondary N) is 2. The van der Waals surface area contributed by atoms with E-state index in [0.717, 1.165) is 23.8 Å². The van der Waals surface area contributed by atoms with Gasteiger partial charge in [0.05, 0.1) is 6.54 Å². The normalized spacial score (nSPS) is 11.9. The molecule has 0 aliphatic heterocycles. The lowest BCUT2D eigenvalue weighted by Gasteiger charge is -2.18. The first-order chi connectivity index (χ1) is 14.6. The second-order valence-electron chi connectivity index (χ2n) is 7.60. The summed E-state index contributed by atoms with van der Waals surface area (Å²) in [7, 11) is 0. The number of benzene rings is 1. The molecule has 0 fully saturated rings. The first-order valence-electron chi connectivity index (χ1n) is 10.1. The van der Waals surface area contributed by atoms with Crippen molar-refractivity contribution >= 4 is 28.8 Å². The number of rotatable bonds is 10. The zero-order valence-corrected chi connectivity index (χ0v) is 18.1. The van der Waals surface area contributed by atoms with Crippen LogP contribution in [0.5, 0.6) is 5.75 Å². The molecule has 2 amide bonds. The van der Waals surface area contributed by atoms with E-state index in [2.05, 4.69) is 10.6 Å². The van der Waals surface area contributed by atoms with E-state index in [1.54, 1.807) is 32.9 Å². The summed E-state index contributed by atoms with van der Waals surface area (Å²) in [4.78, 5) is 46.9. The molecular weight excluding hydrogens is 404 g/mol. The number of aliphatic carboxylic acids is 1. The summed E-state index contributed by atoms with van der Waals surface area (Å²) >= 11 is 0. The second kappa shape index (κ2) is 10.6. The number of hydrogen-bond donors (Lipinski definition) is 3. The van der Waals surface area contributed by atoms with Gasteiger partial charge in [-0.15, -0.1) is 0 Å². The van der Waals surface area contributed by atoms with Gasteiger partial charge in [0.2, 0.25) is 5.91 Å². The SMILES string of the molecule is CCCc1cc(=O)oc2c(C)c(OCC(=O)NCC(=O)N[C@@H](C(=O)O)C(C)C)ccc12. The molecule has 0 saturated heterocycles. The minimum absolute atomic E-state index is 0.297. The molecule has 2 aromatic rings. The Kier molecular flexibility index (Phi) is 8.18. The van der Waals surface area contributed by atoms with Crippen molar-refractivity contribution in [3.8, 4) is 5.75 Å². The zero-order chi connectivity index (χ0) is 23.1. The molecule has 9 heteroatoms. The van der Waals surface area contributed by atoms with Gasteiger partial charge in [-0.3, -0.25) is 9.59 Å². The summed E-state index contributed by atoms with van der Waals surface area (Å²) in [6.45, 7) is 6.37. The number of ether oxygens (including phenoxy) is 1. The average Bonchev–Trinajstić information content (AvgIpc) is 2.70. The maximum atomic E-state index is 12.0. The molecule has 31 heavy (non-hydrogen) atoms. The molecule has 0 spiro atoms. The largest absolute Gasteiger partial charge is 0.483 e. The van der Waals surface area contributed by atoms with Crippen molar-refractivity contribution in [1.29, 1.82) is 0 Å². The third-order valence-electron chi connectivity index (χ3n) is 4.77.